The highest BCUT2D eigenvalue weighted by atomic mass is 79.9. The highest BCUT2D eigenvalue weighted by molar-refractivity contribution is 5.98. The number of carbonyl (C=O) groups is 1. The third-order valence-electron chi connectivity index (χ3n) is 4.76. The quantitative estimate of drug-likeness (QED) is 0.335. The van der Waals surface area contributed by atoms with Crippen LogP contribution in [-0.2, 0) is 13.1 Å². The van der Waals surface area contributed by atoms with E-state index in [0.717, 1.165) is 16.7 Å². The summed E-state index contributed by atoms with van der Waals surface area (Å²) < 4.78 is 3.55. The molecule has 0 fully saturated rings. The Kier molecular flexibility index (Phi) is 7.86. The number of hydrogen-bond acceptors (Lipinski definition) is 3. The molecule has 0 saturated heterocycles. The van der Waals surface area contributed by atoms with Gasteiger partial charge in [0.05, 0.1) is 17.2 Å². The van der Waals surface area contributed by atoms with E-state index in [1.165, 1.54) is 0 Å². The summed E-state index contributed by atoms with van der Waals surface area (Å²) in [4.78, 5) is 12.7. The standard InChI is InChI=1S/C22H17N5O.2BrH/c23-12-16-6-1-2-7-17(16)13-26-11-5-9-19(14-26)22(28)25-27-15-18-8-3-4-10-20(18)21(27)24;;/h1-11,14,24H,13,15H2;2*1H. The van der Waals surface area contributed by atoms with E-state index in [2.05, 4.69) is 11.5 Å². The first-order valence-corrected chi connectivity index (χ1v) is 8.92. The molecule has 0 spiro atoms. The van der Waals surface area contributed by atoms with Crippen LogP contribution < -0.4 is 49.7 Å². The molecule has 0 saturated carbocycles. The van der Waals surface area contributed by atoms with Gasteiger partial charge in [-0.3, -0.25) is 10.5 Å². The molecule has 6 nitrogen and oxygen atoms in total. The second-order valence-corrected chi connectivity index (χ2v) is 6.60. The van der Waals surface area contributed by atoms with Gasteiger partial charge >= 0.3 is 0 Å². The number of pyridine rings is 1. The number of hydrazone groups is 1. The number of fused-ring (bicyclic) bond motifs is 1. The van der Waals surface area contributed by atoms with Crippen molar-refractivity contribution in [1.29, 1.82) is 5.26 Å². The van der Waals surface area contributed by atoms with Crippen LogP contribution in [0.5, 0.6) is 0 Å². The molecule has 1 aliphatic rings. The molecule has 0 aliphatic carbocycles. The number of hydrazine groups is 1. The van der Waals surface area contributed by atoms with E-state index in [0.29, 0.717) is 30.1 Å². The molecule has 3 aromatic rings. The van der Waals surface area contributed by atoms with Gasteiger partial charge in [0.2, 0.25) is 0 Å². The highest BCUT2D eigenvalue weighted by Crippen LogP contribution is 2.15. The van der Waals surface area contributed by atoms with Gasteiger partial charge in [-0.05, 0) is 18.2 Å². The number of benzene rings is 2. The van der Waals surface area contributed by atoms with Crippen molar-refractivity contribution in [2.24, 2.45) is 5.73 Å². The maximum absolute atomic E-state index is 12.7. The lowest BCUT2D eigenvalue weighted by atomic mass is 10.1. The van der Waals surface area contributed by atoms with Crippen LogP contribution in [0.3, 0.4) is 0 Å². The molecule has 152 valence electrons. The van der Waals surface area contributed by atoms with Gasteiger partial charge in [0.25, 0.3) is 11.7 Å². The summed E-state index contributed by atoms with van der Waals surface area (Å²) in [6.07, 6.45) is 3.64. The fourth-order valence-corrected chi connectivity index (χ4v) is 3.31. The van der Waals surface area contributed by atoms with Gasteiger partial charge in [-0.2, -0.15) is 19.9 Å². The largest absolute Gasteiger partial charge is 1.00 e. The molecule has 0 bridgehead atoms. The van der Waals surface area contributed by atoms with Crippen LogP contribution in [0, 0.1) is 11.3 Å². The van der Waals surface area contributed by atoms with E-state index in [4.69, 9.17) is 5.73 Å². The number of halogens is 2. The second-order valence-electron chi connectivity index (χ2n) is 6.60. The Bertz CT molecular complexity index is 1150. The second kappa shape index (κ2) is 10.1. The average Bonchev–Trinajstić information content (AvgIpc) is 3.04. The third kappa shape index (κ3) is 4.75. The van der Waals surface area contributed by atoms with Crippen molar-refractivity contribution in [2.45, 2.75) is 13.1 Å². The van der Waals surface area contributed by atoms with Gasteiger partial charge in [0.1, 0.15) is 12.1 Å². The molecule has 30 heavy (non-hydrogen) atoms. The molecule has 3 N–H and O–H groups in total. The van der Waals surface area contributed by atoms with Gasteiger partial charge in [-0.15, -0.1) is 0 Å². The summed E-state index contributed by atoms with van der Waals surface area (Å²) in [5, 5.41) is 9.25. The van der Waals surface area contributed by atoms with Gasteiger partial charge in [0.15, 0.2) is 18.9 Å². The number of carbonyl (C=O) groups excluding carboxylic acids is 1. The van der Waals surface area contributed by atoms with Gasteiger partial charge in [-0.25, -0.2) is 0 Å². The van der Waals surface area contributed by atoms with Gasteiger partial charge < -0.3 is 34.0 Å². The summed E-state index contributed by atoms with van der Waals surface area (Å²) in [5.74, 6) is 0.300. The Morgan fingerprint density at radius 3 is 2.57 bits per heavy atom. The minimum atomic E-state index is -0.237. The van der Waals surface area contributed by atoms with E-state index in [9.17, 15) is 10.1 Å². The highest BCUT2D eigenvalue weighted by Gasteiger charge is 2.26. The molecular formula is C22H19Br2N5O. The topological polar surface area (TPSA) is 85.8 Å². The molecular weight excluding hydrogens is 510 g/mol. The zero-order chi connectivity index (χ0) is 19.5. The predicted molar refractivity (Wildman–Crippen MR) is 103 cm³/mol. The summed E-state index contributed by atoms with van der Waals surface area (Å²) in [6, 6.07) is 21.0. The Morgan fingerprint density at radius 1 is 1.07 bits per heavy atom. The van der Waals surface area contributed by atoms with Crippen molar-refractivity contribution in [2.75, 3.05) is 0 Å². The average molecular weight is 529 g/mol. The van der Waals surface area contributed by atoms with Crippen molar-refractivity contribution >= 4 is 11.7 Å². The normalized spacial score (nSPS) is 11.6. The minimum absolute atomic E-state index is 0. The molecule has 1 aliphatic heterocycles. The number of amides is 1. The molecule has 1 amide bonds. The summed E-state index contributed by atoms with van der Waals surface area (Å²) in [5.41, 5.74) is 13.1. The van der Waals surface area contributed by atoms with Crippen molar-refractivity contribution in [3.8, 4) is 6.07 Å². The molecule has 1 aromatic heterocycles. The number of hydrogen-bond donors (Lipinski definition) is 2. The smallest absolute Gasteiger partial charge is 0.299 e. The third-order valence-corrected chi connectivity index (χ3v) is 4.76. The van der Waals surface area contributed by atoms with Crippen LogP contribution in [0.25, 0.3) is 0 Å². The summed E-state index contributed by atoms with van der Waals surface area (Å²) in [7, 11) is 0. The zero-order valence-electron chi connectivity index (χ0n) is 15.9. The summed E-state index contributed by atoms with van der Waals surface area (Å²) in [6.45, 7) is 1.05. The summed E-state index contributed by atoms with van der Waals surface area (Å²) >= 11 is 0. The van der Waals surface area contributed by atoms with Crippen LogP contribution in [-0.4, -0.2) is 16.4 Å². The van der Waals surface area contributed by atoms with E-state index >= 15 is 0 Å². The first kappa shape index (κ1) is 23.3. The SMILES string of the molecule is N#Cc1ccccc1C[n+]1cccc(C(=O)N[N+]2=C(N)c3ccccc3C2)c1.[Br-].[Br-]. The van der Waals surface area contributed by atoms with Crippen molar-refractivity contribution in [1.82, 2.24) is 5.43 Å². The van der Waals surface area contributed by atoms with E-state index in [1.54, 1.807) is 23.0 Å². The van der Waals surface area contributed by atoms with Crippen molar-refractivity contribution in [3.05, 3.63) is 101 Å². The number of amidine groups is 1. The number of nitrogens with one attached hydrogen (secondary N) is 1. The number of aromatic nitrogens is 1. The van der Waals surface area contributed by atoms with Crippen LogP contribution in [0.2, 0.25) is 0 Å². The molecule has 2 heterocycles. The Labute approximate surface area is 195 Å². The molecule has 2 aromatic carbocycles. The van der Waals surface area contributed by atoms with Crippen molar-refractivity contribution < 1.29 is 48.0 Å². The predicted octanol–water partition coefficient (Wildman–Crippen LogP) is -4.52. The minimum Gasteiger partial charge on any atom is -1.00 e. The number of nitrogens with two attached hydrogens (primary N) is 1. The van der Waals surface area contributed by atoms with Crippen LogP contribution in [0.4, 0.5) is 0 Å². The molecule has 0 atom stereocenters. The van der Waals surface area contributed by atoms with Crippen LogP contribution >= 0.6 is 0 Å². The lowest BCUT2D eigenvalue weighted by molar-refractivity contribution is -0.688. The molecule has 8 heteroatoms. The lowest BCUT2D eigenvalue weighted by Crippen LogP contribution is -3.00. The maximum Gasteiger partial charge on any atom is 0.299 e. The van der Waals surface area contributed by atoms with E-state index < -0.39 is 0 Å². The Balaban J connectivity index is 0.00000160. The van der Waals surface area contributed by atoms with E-state index in [1.807, 2.05) is 59.3 Å². The lowest BCUT2D eigenvalue weighted by Gasteiger charge is -2.05. The van der Waals surface area contributed by atoms with Crippen LogP contribution in [0.1, 0.15) is 32.6 Å². The molecule has 4 rings (SSSR count). The fraction of sp³-hybridized carbons (Fsp3) is 0.0909. The zero-order valence-corrected chi connectivity index (χ0v) is 19.1. The number of nitriles is 1. The molecule has 0 unspecified atom stereocenters. The van der Waals surface area contributed by atoms with Crippen molar-refractivity contribution in [3.63, 3.8) is 0 Å². The maximum atomic E-state index is 12.7. The fourth-order valence-electron chi connectivity index (χ4n) is 3.31. The Hall–Kier alpha value is -3.02. The van der Waals surface area contributed by atoms with E-state index in [-0.39, 0.29) is 39.9 Å². The number of nitrogens with zero attached hydrogens (tertiary/aromatic N) is 3. The first-order valence-electron chi connectivity index (χ1n) is 8.92. The van der Waals surface area contributed by atoms with Gasteiger partial charge in [0, 0.05) is 17.2 Å². The Morgan fingerprint density at radius 2 is 1.80 bits per heavy atom. The number of rotatable bonds is 4. The first-order chi connectivity index (χ1) is 13.7. The van der Waals surface area contributed by atoms with Gasteiger partial charge in [-0.1, -0.05) is 36.4 Å². The van der Waals surface area contributed by atoms with Crippen LogP contribution in [0.15, 0.2) is 73.1 Å². The monoisotopic (exact) mass is 527 g/mol. The molecule has 0 radical (unpaired) electrons.